The molecule has 1 aromatic rings. The highest BCUT2D eigenvalue weighted by atomic mass is 35.5. The van der Waals surface area contributed by atoms with Crippen molar-refractivity contribution < 1.29 is 19.1 Å². The largest absolute Gasteiger partial charge is 0.469 e. The molecule has 0 fully saturated rings. The number of esters is 1. The molecule has 1 rings (SSSR count). The van der Waals surface area contributed by atoms with E-state index in [0.717, 1.165) is 16.8 Å². The molecule has 0 spiro atoms. The third kappa shape index (κ3) is 9.59. The third-order valence-electron chi connectivity index (χ3n) is 4.23. The molecule has 0 aliphatic rings. The average molecular weight is 447 g/mol. The lowest BCUT2D eigenvalue weighted by Crippen LogP contribution is -2.41. The van der Waals surface area contributed by atoms with Gasteiger partial charge in [0.15, 0.2) is 0 Å². The van der Waals surface area contributed by atoms with Crippen LogP contribution in [0.4, 0.5) is 10.5 Å². The number of carbonyl (C=O) groups is 2. The second-order valence-corrected chi connectivity index (χ2v) is 8.56. The number of aryl methyl sites for hydroxylation is 1. The van der Waals surface area contributed by atoms with E-state index in [-0.39, 0.29) is 6.42 Å². The van der Waals surface area contributed by atoms with Crippen LogP contribution in [-0.2, 0) is 20.7 Å². The Balaban J connectivity index is 3.05. The maximum Gasteiger partial charge on any atom is 0.407 e. The van der Waals surface area contributed by atoms with Gasteiger partial charge in [-0.2, -0.15) is 0 Å². The number of ether oxygens (including phenoxy) is 2. The van der Waals surface area contributed by atoms with Crippen LogP contribution in [-0.4, -0.2) is 55.7 Å². The maximum atomic E-state index is 12.2. The van der Waals surface area contributed by atoms with Crippen molar-refractivity contribution in [1.29, 1.82) is 0 Å². The first-order valence-electron chi connectivity index (χ1n) is 9.62. The molecular weight excluding hydrogens is 415 g/mol. The number of alkyl halides is 2. The fourth-order valence-electron chi connectivity index (χ4n) is 2.85. The van der Waals surface area contributed by atoms with Crippen molar-refractivity contribution in [3.63, 3.8) is 0 Å². The molecule has 0 aliphatic carbocycles. The molecule has 29 heavy (non-hydrogen) atoms. The van der Waals surface area contributed by atoms with Gasteiger partial charge in [-0.1, -0.05) is 6.07 Å². The lowest BCUT2D eigenvalue weighted by molar-refractivity contribution is -0.141. The molecule has 0 heterocycles. The molecule has 6 nitrogen and oxygen atoms in total. The molecule has 1 aromatic carbocycles. The van der Waals surface area contributed by atoms with Gasteiger partial charge in [0.1, 0.15) is 5.60 Å². The molecular formula is C21H32Cl2N2O4. The normalized spacial score (nSPS) is 12.2. The van der Waals surface area contributed by atoms with Crippen LogP contribution in [0.1, 0.15) is 38.3 Å². The predicted octanol–water partition coefficient (Wildman–Crippen LogP) is 4.28. The van der Waals surface area contributed by atoms with E-state index < -0.39 is 23.7 Å². The molecule has 0 unspecified atom stereocenters. The summed E-state index contributed by atoms with van der Waals surface area (Å²) in [6.45, 7) is 8.72. The van der Waals surface area contributed by atoms with Crippen molar-refractivity contribution in [3.05, 3.63) is 29.3 Å². The number of rotatable bonds is 10. The molecule has 1 amide bonds. The predicted molar refractivity (Wildman–Crippen MR) is 118 cm³/mol. The van der Waals surface area contributed by atoms with Crippen LogP contribution in [0, 0.1) is 6.92 Å². The number of benzene rings is 1. The Labute approximate surface area is 183 Å². The number of nitrogens with one attached hydrogen (secondary N) is 1. The molecule has 0 saturated heterocycles. The van der Waals surface area contributed by atoms with Crippen molar-refractivity contribution in [2.45, 2.75) is 52.2 Å². The minimum Gasteiger partial charge on any atom is -0.469 e. The number of methoxy groups -OCH3 is 1. The van der Waals surface area contributed by atoms with Crippen LogP contribution in [0.3, 0.4) is 0 Å². The standard InChI is InChI=1S/C21H32Cl2N2O4/c1-15-6-7-18(25(10-8-22)11-9-23)13-16(15)12-17(14-19(26)28-5)24-20(27)29-21(2,3)4/h6-7,13,17H,8-12,14H2,1-5H3,(H,24,27)/t17-/m1/s1. The van der Waals surface area contributed by atoms with E-state index >= 15 is 0 Å². The Hall–Kier alpha value is -1.66. The van der Waals surface area contributed by atoms with Crippen molar-refractivity contribution in [2.75, 3.05) is 36.9 Å². The van der Waals surface area contributed by atoms with Gasteiger partial charge in [0.05, 0.1) is 13.5 Å². The monoisotopic (exact) mass is 446 g/mol. The van der Waals surface area contributed by atoms with Gasteiger partial charge < -0.3 is 19.7 Å². The van der Waals surface area contributed by atoms with E-state index in [2.05, 4.69) is 16.3 Å². The van der Waals surface area contributed by atoms with E-state index in [1.54, 1.807) is 20.8 Å². The number of nitrogens with zero attached hydrogens (tertiary/aromatic N) is 1. The summed E-state index contributed by atoms with van der Waals surface area (Å²) in [4.78, 5) is 26.2. The highest BCUT2D eigenvalue weighted by molar-refractivity contribution is 6.18. The van der Waals surface area contributed by atoms with Crippen molar-refractivity contribution in [1.82, 2.24) is 5.32 Å². The van der Waals surface area contributed by atoms with Crippen LogP contribution in [0.5, 0.6) is 0 Å². The Morgan fingerprint density at radius 1 is 1.17 bits per heavy atom. The molecule has 0 bridgehead atoms. The van der Waals surface area contributed by atoms with Gasteiger partial charge in [-0.25, -0.2) is 4.79 Å². The molecule has 0 saturated carbocycles. The van der Waals surface area contributed by atoms with E-state index in [0.29, 0.717) is 31.3 Å². The molecule has 8 heteroatoms. The summed E-state index contributed by atoms with van der Waals surface area (Å²) < 4.78 is 10.1. The number of halogens is 2. The minimum absolute atomic E-state index is 0.0481. The van der Waals surface area contributed by atoms with E-state index in [4.69, 9.17) is 32.7 Å². The smallest absolute Gasteiger partial charge is 0.407 e. The molecule has 0 aromatic heterocycles. The molecule has 0 radical (unpaired) electrons. The average Bonchev–Trinajstić information content (AvgIpc) is 2.61. The molecule has 1 atom stereocenters. The van der Waals surface area contributed by atoms with Crippen LogP contribution < -0.4 is 10.2 Å². The number of carbonyl (C=O) groups excluding carboxylic acids is 2. The SMILES string of the molecule is COC(=O)C[C@@H](Cc1cc(N(CCCl)CCCl)ccc1C)NC(=O)OC(C)(C)C. The van der Waals surface area contributed by atoms with E-state index in [1.165, 1.54) is 7.11 Å². The lowest BCUT2D eigenvalue weighted by Gasteiger charge is -2.26. The van der Waals surface area contributed by atoms with Gasteiger partial charge in [-0.15, -0.1) is 23.2 Å². The first kappa shape index (κ1) is 25.4. The summed E-state index contributed by atoms with van der Waals surface area (Å²) in [5, 5.41) is 2.80. The molecule has 1 N–H and O–H groups in total. The van der Waals surface area contributed by atoms with Crippen LogP contribution >= 0.6 is 23.2 Å². The summed E-state index contributed by atoms with van der Waals surface area (Å²) in [6, 6.07) is 5.63. The fourth-order valence-corrected chi connectivity index (χ4v) is 3.26. The molecule has 164 valence electrons. The summed E-state index contributed by atoms with van der Waals surface area (Å²) in [5.41, 5.74) is 2.45. The zero-order valence-corrected chi connectivity index (χ0v) is 19.4. The Morgan fingerprint density at radius 3 is 2.31 bits per heavy atom. The Kier molecular flexibility index (Phi) is 10.6. The first-order valence-corrected chi connectivity index (χ1v) is 10.7. The Morgan fingerprint density at radius 2 is 1.79 bits per heavy atom. The second-order valence-electron chi connectivity index (χ2n) is 7.80. The van der Waals surface area contributed by atoms with Gasteiger partial charge in [0.2, 0.25) is 0 Å². The summed E-state index contributed by atoms with van der Waals surface area (Å²) >= 11 is 11.8. The lowest BCUT2D eigenvalue weighted by atomic mass is 9.98. The van der Waals surface area contributed by atoms with Gasteiger partial charge >= 0.3 is 12.1 Å². The summed E-state index contributed by atoms with van der Waals surface area (Å²) in [5.74, 6) is 0.585. The third-order valence-corrected chi connectivity index (χ3v) is 4.57. The van der Waals surface area contributed by atoms with Crippen LogP contribution in [0.15, 0.2) is 18.2 Å². The quantitative estimate of drug-likeness (QED) is 0.429. The number of hydrogen-bond donors (Lipinski definition) is 1. The van der Waals surface area contributed by atoms with Gasteiger partial charge in [-0.3, -0.25) is 4.79 Å². The number of anilines is 1. The van der Waals surface area contributed by atoms with Crippen molar-refractivity contribution >= 4 is 41.0 Å². The maximum absolute atomic E-state index is 12.2. The number of hydrogen-bond acceptors (Lipinski definition) is 5. The Bertz CT molecular complexity index is 671. The fraction of sp³-hybridized carbons (Fsp3) is 0.619. The zero-order valence-electron chi connectivity index (χ0n) is 17.9. The zero-order chi connectivity index (χ0) is 22.0. The highest BCUT2D eigenvalue weighted by Gasteiger charge is 2.23. The number of alkyl carbamates (subject to hydrolysis) is 1. The van der Waals surface area contributed by atoms with Crippen molar-refractivity contribution in [3.8, 4) is 0 Å². The first-order chi connectivity index (χ1) is 13.6. The topological polar surface area (TPSA) is 67.9 Å². The van der Waals surface area contributed by atoms with E-state index in [1.807, 2.05) is 19.1 Å². The molecule has 0 aliphatic heterocycles. The van der Waals surface area contributed by atoms with Crippen molar-refractivity contribution in [2.24, 2.45) is 0 Å². The summed E-state index contributed by atoms with van der Waals surface area (Å²) in [7, 11) is 1.33. The highest BCUT2D eigenvalue weighted by Crippen LogP contribution is 2.22. The van der Waals surface area contributed by atoms with Crippen LogP contribution in [0.25, 0.3) is 0 Å². The minimum atomic E-state index is -0.626. The van der Waals surface area contributed by atoms with Crippen LogP contribution in [0.2, 0.25) is 0 Å². The van der Waals surface area contributed by atoms with Gasteiger partial charge in [0, 0.05) is 36.6 Å². The second kappa shape index (κ2) is 12.1. The van der Waals surface area contributed by atoms with E-state index in [9.17, 15) is 9.59 Å². The number of amides is 1. The van der Waals surface area contributed by atoms with Gasteiger partial charge in [0.25, 0.3) is 0 Å². The summed E-state index contributed by atoms with van der Waals surface area (Å²) in [6.07, 6.45) is -0.0538. The van der Waals surface area contributed by atoms with Gasteiger partial charge in [-0.05, 0) is 57.4 Å².